The molecule has 1 aliphatic carbocycles. The number of nitrogens with two attached hydrogens (primary N) is 1. The fraction of sp³-hybridized carbons (Fsp3) is 0.500. The van der Waals surface area contributed by atoms with Gasteiger partial charge in [-0.05, 0) is 30.0 Å². The number of rotatable bonds is 2. The quantitative estimate of drug-likeness (QED) is 0.745. The third kappa shape index (κ3) is 3.39. The summed E-state index contributed by atoms with van der Waals surface area (Å²) in [4.78, 5) is 0. The van der Waals surface area contributed by atoms with Crippen LogP contribution >= 0.6 is 12.4 Å². The summed E-state index contributed by atoms with van der Waals surface area (Å²) >= 11 is 0. The van der Waals surface area contributed by atoms with Crippen LogP contribution in [-0.2, 0) is 22.0 Å². The monoisotopic (exact) mass is 307 g/mol. The molecule has 2 unspecified atom stereocenters. The van der Waals surface area contributed by atoms with Gasteiger partial charge >= 0.3 is 0 Å². The summed E-state index contributed by atoms with van der Waals surface area (Å²) < 4.78 is 22.8. The molecule has 4 N–H and O–H groups in total. The van der Waals surface area contributed by atoms with Crippen molar-refractivity contribution in [3.8, 4) is 5.75 Å². The second-order valence-corrected chi connectivity index (χ2v) is 6.99. The number of phenols is 1. The molecule has 0 spiro atoms. The van der Waals surface area contributed by atoms with Crippen LogP contribution in [0.4, 0.5) is 0 Å². The Bertz CT molecular complexity index is 573. The number of halogens is 1. The zero-order valence-corrected chi connectivity index (χ0v) is 12.2. The second kappa shape index (κ2) is 5.66. The molecule has 0 amide bonds. The topological polar surface area (TPSA) is 101 Å². The molecule has 1 aliphatic rings. The standard InChI is InChI=1S/C12H17NO4S.ClH/c1-18(16,17)6-9-7-2-4-10(13)12(15)8(7)3-5-11(9)14;/h3,5,10,12,14-15H,2,4,6,13H2,1H3;1H. The van der Waals surface area contributed by atoms with Crippen molar-refractivity contribution >= 4 is 22.2 Å². The number of benzene rings is 1. The van der Waals surface area contributed by atoms with Gasteiger partial charge in [-0.1, -0.05) is 6.07 Å². The van der Waals surface area contributed by atoms with E-state index in [1.165, 1.54) is 6.07 Å². The maximum absolute atomic E-state index is 11.4. The molecule has 1 aromatic rings. The Kier molecular flexibility index (Phi) is 4.84. The lowest BCUT2D eigenvalue weighted by molar-refractivity contribution is 0.133. The van der Waals surface area contributed by atoms with Gasteiger partial charge in [0.25, 0.3) is 0 Å². The molecule has 0 saturated heterocycles. The highest BCUT2D eigenvalue weighted by atomic mass is 35.5. The number of sulfone groups is 1. The Hall–Kier alpha value is -0.820. The molecule has 0 heterocycles. The van der Waals surface area contributed by atoms with E-state index in [0.29, 0.717) is 24.0 Å². The lowest BCUT2D eigenvalue weighted by Gasteiger charge is -2.29. The number of fused-ring (bicyclic) bond motifs is 1. The molecule has 7 heteroatoms. The number of hydrogen-bond donors (Lipinski definition) is 3. The second-order valence-electron chi connectivity index (χ2n) is 4.85. The molecule has 0 bridgehead atoms. The van der Waals surface area contributed by atoms with Gasteiger partial charge in [0.1, 0.15) is 5.75 Å². The Labute approximate surface area is 118 Å². The lowest BCUT2D eigenvalue weighted by atomic mass is 9.84. The summed E-state index contributed by atoms with van der Waals surface area (Å²) in [6.45, 7) is 0. The van der Waals surface area contributed by atoms with Crippen LogP contribution in [0.1, 0.15) is 29.2 Å². The van der Waals surface area contributed by atoms with E-state index in [1.807, 2.05) is 0 Å². The summed E-state index contributed by atoms with van der Waals surface area (Å²) in [5, 5.41) is 19.8. The van der Waals surface area contributed by atoms with Crippen molar-refractivity contribution < 1.29 is 18.6 Å². The zero-order valence-electron chi connectivity index (χ0n) is 10.5. The molecule has 5 nitrogen and oxygen atoms in total. The number of aromatic hydroxyl groups is 1. The Morgan fingerprint density at radius 1 is 1.42 bits per heavy atom. The van der Waals surface area contributed by atoms with Crippen molar-refractivity contribution in [3.05, 3.63) is 28.8 Å². The number of aliphatic hydroxyl groups is 1. The molecule has 0 radical (unpaired) electrons. The lowest BCUT2D eigenvalue weighted by Crippen LogP contribution is -2.33. The fourth-order valence-corrected chi connectivity index (χ4v) is 3.24. The Morgan fingerprint density at radius 3 is 2.63 bits per heavy atom. The molecule has 0 saturated carbocycles. The first-order valence-corrected chi connectivity index (χ1v) is 7.80. The van der Waals surface area contributed by atoms with Crippen LogP contribution in [0.2, 0.25) is 0 Å². The van der Waals surface area contributed by atoms with Crippen LogP contribution in [0.15, 0.2) is 12.1 Å². The normalized spacial score (nSPS) is 22.5. The number of hydrogen-bond acceptors (Lipinski definition) is 5. The van der Waals surface area contributed by atoms with Crippen molar-refractivity contribution in [3.63, 3.8) is 0 Å². The molecular weight excluding hydrogens is 290 g/mol. The first-order valence-electron chi connectivity index (χ1n) is 5.74. The summed E-state index contributed by atoms with van der Waals surface area (Å²) in [7, 11) is -3.24. The summed E-state index contributed by atoms with van der Waals surface area (Å²) in [5.74, 6) is -0.258. The molecule has 0 aliphatic heterocycles. The van der Waals surface area contributed by atoms with Crippen molar-refractivity contribution in [1.82, 2.24) is 0 Å². The van der Waals surface area contributed by atoms with Crippen LogP contribution in [0.25, 0.3) is 0 Å². The van der Waals surface area contributed by atoms with E-state index >= 15 is 0 Å². The van der Waals surface area contributed by atoms with E-state index < -0.39 is 15.9 Å². The van der Waals surface area contributed by atoms with Crippen LogP contribution in [-0.4, -0.2) is 30.9 Å². The van der Waals surface area contributed by atoms with Crippen molar-refractivity contribution in [2.24, 2.45) is 5.73 Å². The van der Waals surface area contributed by atoms with Crippen LogP contribution in [0, 0.1) is 0 Å². The van der Waals surface area contributed by atoms with Crippen molar-refractivity contribution in [2.45, 2.75) is 30.7 Å². The molecule has 0 fully saturated rings. The number of aliphatic hydroxyl groups excluding tert-OH is 1. The molecule has 108 valence electrons. The molecule has 19 heavy (non-hydrogen) atoms. The smallest absolute Gasteiger partial charge is 0.151 e. The van der Waals surface area contributed by atoms with Crippen LogP contribution < -0.4 is 5.73 Å². The predicted octanol–water partition coefficient (Wildman–Crippen LogP) is 0.665. The molecule has 2 atom stereocenters. The Balaban J connectivity index is 0.00000180. The van der Waals surface area contributed by atoms with Gasteiger partial charge in [0.15, 0.2) is 9.84 Å². The van der Waals surface area contributed by atoms with Crippen LogP contribution in [0.5, 0.6) is 5.75 Å². The van der Waals surface area contributed by atoms with Gasteiger partial charge in [0, 0.05) is 17.9 Å². The molecule has 0 aromatic heterocycles. The largest absolute Gasteiger partial charge is 0.508 e. The minimum Gasteiger partial charge on any atom is -0.508 e. The summed E-state index contributed by atoms with van der Waals surface area (Å²) in [6.07, 6.45) is 1.48. The van der Waals surface area contributed by atoms with Gasteiger partial charge in [0.05, 0.1) is 11.9 Å². The van der Waals surface area contributed by atoms with Gasteiger partial charge in [-0.3, -0.25) is 0 Å². The van der Waals surface area contributed by atoms with E-state index in [0.717, 1.165) is 11.8 Å². The van der Waals surface area contributed by atoms with E-state index in [2.05, 4.69) is 0 Å². The zero-order chi connectivity index (χ0) is 13.5. The van der Waals surface area contributed by atoms with Gasteiger partial charge in [-0.2, -0.15) is 0 Å². The Morgan fingerprint density at radius 2 is 2.05 bits per heavy atom. The van der Waals surface area contributed by atoms with Gasteiger partial charge in [-0.15, -0.1) is 12.4 Å². The van der Waals surface area contributed by atoms with Gasteiger partial charge in [0.2, 0.25) is 0 Å². The number of phenolic OH excluding ortho intramolecular Hbond substituents is 1. The van der Waals surface area contributed by atoms with Crippen LogP contribution in [0.3, 0.4) is 0 Å². The fourth-order valence-electron chi connectivity index (χ4n) is 2.39. The third-order valence-electron chi connectivity index (χ3n) is 3.30. The first kappa shape index (κ1) is 16.2. The summed E-state index contributed by atoms with van der Waals surface area (Å²) in [5.41, 5.74) is 7.51. The molecular formula is C12H18ClNO4S. The van der Waals surface area contributed by atoms with Gasteiger partial charge < -0.3 is 15.9 Å². The average molecular weight is 308 g/mol. The maximum atomic E-state index is 11.4. The predicted molar refractivity (Wildman–Crippen MR) is 75.2 cm³/mol. The van der Waals surface area contributed by atoms with Gasteiger partial charge in [-0.25, -0.2) is 8.42 Å². The summed E-state index contributed by atoms with van der Waals surface area (Å²) in [6, 6.07) is 2.69. The van der Waals surface area contributed by atoms with Crippen molar-refractivity contribution in [2.75, 3.05) is 6.26 Å². The van der Waals surface area contributed by atoms with Crippen molar-refractivity contribution in [1.29, 1.82) is 0 Å². The minimum atomic E-state index is -3.24. The minimum absolute atomic E-state index is 0. The molecule has 1 aromatic carbocycles. The maximum Gasteiger partial charge on any atom is 0.151 e. The molecule has 2 rings (SSSR count). The average Bonchev–Trinajstić information content (AvgIpc) is 2.26. The highest BCUT2D eigenvalue weighted by Crippen LogP contribution is 2.35. The van der Waals surface area contributed by atoms with E-state index in [4.69, 9.17) is 5.73 Å². The SMILES string of the molecule is CS(=O)(=O)Cc1c(O)ccc2c1CCC(N)C2O.Cl. The van der Waals surface area contributed by atoms with E-state index in [9.17, 15) is 18.6 Å². The first-order chi connectivity index (χ1) is 8.29. The van der Waals surface area contributed by atoms with E-state index in [-0.39, 0.29) is 30.0 Å². The highest BCUT2D eigenvalue weighted by molar-refractivity contribution is 7.89. The highest BCUT2D eigenvalue weighted by Gasteiger charge is 2.28. The van der Waals surface area contributed by atoms with E-state index in [1.54, 1.807) is 6.07 Å². The third-order valence-corrected chi connectivity index (χ3v) is 4.11.